The second kappa shape index (κ2) is 8.61. The van der Waals surface area contributed by atoms with Gasteiger partial charge in [0.25, 0.3) is 11.8 Å². The van der Waals surface area contributed by atoms with Crippen LogP contribution in [-0.4, -0.2) is 22.7 Å². The summed E-state index contributed by atoms with van der Waals surface area (Å²) >= 11 is 0. The first-order chi connectivity index (χ1) is 14.6. The molecule has 4 aromatic rings. The lowest BCUT2D eigenvalue weighted by molar-refractivity contribution is -0.118. The lowest BCUT2D eigenvalue weighted by Crippen LogP contribution is -2.20. The van der Waals surface area contributed by atoms with Crippen LogP contribution >= 0.6 is 0 Å². The van der Waals surface area contributed by atoms with Gasteiger partial charge in [0.05, 0.1) is 5.56 Å². The van der Waals surface area contributed by atoms with Gasteiger partial charge in [0, 0.05) is 11.3 Å². The van der Waals surface area contributed by atoms with Crippen molar-refractivity contribution in [3.8, 4) is 28.6 Å². The third-order valence-corrected chi connectivity index (χ3v) is 4.51. The molecule has 0 saturated carbocycles. The van der Waals surface area contributed by atoms with Crippen LogP contribution in [0.4, 0.5) is 5.69 Å². The van der Waals surface area contributed by atoms with Crippen LogP contribution in [0.25, 0.3) is 22.8 Å². The van der Waals surface area contributed by atoms with Gasteiger partial charge in [0.15, 0.2) is 6.61 Å². The Morgan fingerprint density at radius 2 is 1.77 bits per heavy atom. The Bertz CT molecular complexity index is 1170. The Morgan fingerprint density at radius 3 is 2.57 bits per heavy atom. The van der Waals surface area contributed by atoms with Crippen LogP contribution in [0.5, 0.6) is 5.75 Å². The van der Waals surface area contributed by atoms with Gasteiger partial charge in [0.1, 0.15) is 5.75 Å². The molecule has 0 aliphatic carbocycles. The Hall–Kier alpha value is -3.93. The number of anilines is 1. The van der Waals surface area contributed by atoms with Crippen molar-refractivity contribution < 1.29 is 14.1 Å². The van der Waals surface area contributed by atoms with E-state index < -0.39 is 0 Å². The largest absolute Gasteiger partial charge is 0.483 e. The summed E-state index contributed by atoms with van der Waals surface area (Å²) in [7, 11) is 0. The van der Waals surface area contributed by atoms with Gasteiger partial charge in [-0.25, -0.2) is 0 Å². The Morgan fingerprint density at radius 1 is 0.967 bits per heavy atom. The standard InChI is InChI=1S/C24H21N3O3/c1-16-10-12-19(13-11-16)25-22(28)15-29-21-9-4-3-8-20(21)23-26-24(30-27-23)18-7-5-6-17(2)14-18/h3-14H,15H2,1-2H3,(H,25,28). The molecule has 1 aromatic heterocycles. The third-order valence-electron chi connectivity index (χ3n) is 4.51. The summed E-state index contributed by atoms with van der Waals surface area (Å²) in [5.41, 5.74) is 4.47. The second-order valence-electron chi connectivity index (χ2n) is 6.99. The summed E-state index contributed by atoms with van der Waals surface area (Å²) < 4.78 is 11.2. The number of hydrogen-bond donors (Lipinski definition) is 1. The number of nitrogens with zero attached hydrogens (tertiary/aromatic N) is 2. The molecular weight excluding hydrogens is 378 g/mol. The predicted molar refractivity (Wildman–Crippen MR) is 115 cm³/mol. The van der Waals surface area contributed by atoms with E-state index in [-0.39, 0.29) is 12.5 Å². The van der Waals surface area contributed by atoms with E-state index in [1.54, 1.807) is 6.07 Å². The van der Waals surface area contributed by atoms with Crippen LogP contribution in [0, 0.1) is 13.8 Å². The van der Waals surface area contributed by atoms with E-state index in [2.05, 4.69) is 15.5 Å². The maximum Gasteiger partial charge on any atom is 0.262 e. The molecule has 1 heterocycles. The monoisotopic (exact) mass is 399 g/mol. The molecule has 4 rings (SSSR count). The van der Waals surface area contributed by atoms with Crippen LogP contribution in [0.15, 0.2) is 77.3 Å². The summed E-state index contributed by atoms with van der Waals surface area (Å²) in [6, 6.07) is 22.7. The van der Waals surface area contributed by atoms with Gasteiger partial charge in [-0.15, -0.1) is 0 Å². The number of carbonyl (C=O) groups is 1. The van der Waals surface area contributed by atoms with Crippen molar-refractivity contribution in [1.29, 1.82) is 0 Å². The molecule has 0 bridgehead atoms. The van der Waals surface area contributed by atoms with E-state index in [9.17, 15) is 4.79 Å². The van der Waals surface area contributed by atoms with Crippen molar-refractivity contribution in [2.24, 2.45) is 0 Å². The lowest BCUT2D eigenvalue weighted by atomic mass is 10.1. The van der Waals surface area contributed by atoms with E-state index in [0.717, 1.165) is 22.4 Å². The fraction of sp³-hybridized carbons (Fsp3) is 0.125. The minimum absolute atomic E-state index is 0.131. The van der Waals surface area contributed by atoms with Crippen molar-refractivity contribution in [3.05, 3.63) is 83.9 Å². The molecule has 0 unspecified atom stereocenters. The minimum atomic E-state index is -0.248. The number of hydrogen-bond acceptors (Lipinski definition) is 5. The van der Waals surface area contributed by atoms with Gasteiger partial charge < -0.3 is 14.6 Å². The Labute approximate surface area is 174 Å². The highest BCUT2D eigenvalue weighted by molar-refractivity contribution is 5.92. The number of benzene rings is 3. The first kappa shape index (κ1) is 19.4. The minimum Gasteiger partial charge on any atom is -0.483 e. The van der Waals surface area contributed by atoms with Crippen molar-refractivity contribution >= 4 is 11.6 Å². The van der Waals surface area contributed by atoms with Gasteiger partial charge >= 0.3 is 0 Å². The summed E-state index contributed by atoms with van der Waals surface area (Å²) in [5, 5.41) is 6.91. The zero-order chi connectivity index (χ0) is 20.9. The summed E-state index contributed by atoms with van der Waals surface area (Å²) in [6.07, 6.45) is 0. The average molecular weight is 399 g/mol. The average Bonchev–Trinajstić information content (AvgIpc) is 3.24. The number of aryl methyl sites for hydroxylation is 2. The lowest BCUT2D eigenvalue weighted by Gasteiger charge is -2.10. The quantitative estimate of drug-likeness (QED) is 0.492. The Kier molecular flexibility index (Phi) is 5.57. The van der Waals surface area contributed by atoms with E-state index >= 15 is 0 Å². The molecule has 30 heavy (non-hydrogen) atoms. The van der Waals surface area contributed by atoms with Crippen LogP contribution in [0.3, 0.4) is 0 Å². The maximum atomic E-state index is 12.3. The number of amides is 1. The van der Waals surface area contributed by atoms with Crippen LogP contribution in [0.2, 0.25) is 0 Å². The number of carbonyl (C=O) groups excluding carboxylic acids is 1. The van der Waals surface area contributed by atoms with Gasteiger partial charge in [-0.05, 0) is 50.2 Å². The van der Waals surface area contributed by atoms with Crippen LogP contribution < -0.4 is 10.1 Å². The normalized spacial score (nSPS) is 10.6. The van der Waals surface area contributed by atoms with E-state index in [4.69, 9.17) is 9.26 Å². The molecular formula is C24H21N3O3. The predicted octanol–water partition coefficient (Wildman–Crippen LogP) is 5.04. The number of para-hydroxylation sites is 1. The van der Waals surface area contributed by atoms with Gasteiger partial charge in [-0.2, -0.15) is 4.98 Å². The molecule has 0 radical (unpaired) electrons. The molecule has 150 valence electrons. The highest BCUT2D eigenvalue weighted by Gasteiger charge is 2.15. The summed E-state index contributed by atoms with van der Waals surface area (Å²) in [6.45, 7) is 3.87. The maximum absolute atomic E-state index is 12.3. The highest BCUT2D eigenvalue weighted by Crippen LogP contribution is 2.29. The fourth-order valence-corrected chi connectivity index (χ4v) is 2.98. The summed E-state index contributed by atoms with van der Waals surface area (Å²) in [5.74, 6) is 1.09. The second-order valence-corrected chi connectivity index (χ2v) is 6.99. The zero-order valence-corrected chi connectivity index (χ0v) is 16.8. The molecule has 0 aliphatic rings. The first-order valence-corrected chi connectivity index (χ1v) is 9.58. The third kappa shape index (κ3) is 4.55. The van der Waals surface area contributed by atoms with Crippen molar-refractivity contribution in [2.75, 3.05) is 11.9 Å². The van der Waals surface area contributed by atoms with Crippen molar-refractivity contribution in [3.63, 3.8) is 0 Å². The van der Waals surface area contributed by atoms with Crippen molar-refractivity contribution in [2.45, 2.75) is 13.8 Å². The summed E-state index contributed by atoms with van der Waals surface area (Å²) in [4.78, 5) is 16.8. The van der Waals surface area contributed by atoms with Crippen LogP contribution in [0.1, 0.15) is 11.1 Å². The number of nitrogens with one attached hydrogen (secondary N) is 1. The SMILES string of the molecule is Cc1ccc(NC(=O)COc2ccccc2-c2noc(-c3cccc(C)c3)n2)cc1. The van der Waals surface area contributed by atoms with Gasteiger partial charge in [0.2, 0.25) is 5.82 Å². The molecule has 0 aliphatic heterocycles. The topological polar surface area (TPSA) is 77.2 Å². The Balaban J connectivity index is 1.48. The molecule has 0 spiro atoms. The molecule has 3 aromatic carbocycles. The van der Waals surface area contributed by atoms with E-state index in [1.165, 1.54) is 0 Å². The smallest absolute Gasteiger partial charge is 0.262 e. The molecule has 1 N–H and O–H groups in total. The number of aromatic nitrogens is 2. The van der Waals surface area contributed by atoms with Gasteiger partial charge in [-0.1, -0.05) is 52.7 Å². The molecule has 1 amide bonds. The number of rotatable bonds is 6. The molecule has 0 fully saturated rings. The molecule has 6 nitrogen and oxygen atoms in total. The molecule has 0 saturated heterocycles. The number of ether oxygens (including phenoxy) is 1. The molecule has 0 atom stereocenters. The highest BCUT2D eigenvalue weighted by atomic mass is 16.5. The zero-order valence-electron chi connectivity index (χ0n) is 16.8. The first-order valence-electron chi connectivity index (χ1n) is 9.58. The van der Waals surface area contributed by atoms with Crippen LogP contribution in [-0.2, 0) is 4.79 Å². The van der Waals surface area contributed by atoms with E-state index in [0.29, 0.717) is 23.0 Å². The molecule has 6 heteroatoms. The van der Waals surface area contributed by atoms with E-state index in [1.807, 2.05) is 80.6 Å². The fourth-order valence-electron chi connectivity index (χ4n) is 2.98. The van der Waals surface area contributed by atoms with Crippen molar-refractivity contribution in [1.82, 2.24) is 10.1 Å². The van der Waals surface area contributed by atoms with Gasteiger partial charge in [-0.3, -0.25) is 4.79 Å².